The van der Waals surface area contributed by atoms with Crippen LogP contribution in [0, 0.1) is 0 Å². The van der Waals surface area contributed by atoms with Crippen LogP contribution in [0.3, 0.4) is 0 Å². The van der Waals surface area contributed by atoms with E-state index in [4.69, 9.17) is 0 Å². The van der Waals surface area contributed by atoms with Crippen molar-refractivity contribution in [3.63, 3.8) is 0 Å². The van der Waals surface area contributed by atoms with Gasteiger partial charge in [0.1, 0.15) is 0 Å². The SMILES string of the molecule is CN1CCCC2(CC1)CC(=O)N2. The second-order valence-electron chi connectivity index (χ2n) is 4.16. The Morgan fingerprint density at radius 2 is 2.17 bits per heavy atom. The van der Waals surface area contributed by atoms with Gasteiger partial charge in [-0.15, -0.1) is 0 Å². The van der Waals surface area contributed by atoms with Gasteiger partial charge in [0.15, 0.2) is 0 Å². The quantitative estimate of drug-likeness (QED) is 0.530. The molecular weight excluding hydrogens is 152 g/mol. The second-order valence-corrected chi connectivity index (χ2v) is 4.16. The van der Waals surface area contributed by atoms with Gasteiger partial charge in [0.05, 0.1) is 5.54 Å². The van der Waals surface area contributed by atoms with Crippen molar-refractivity contribution in [3.8, 4) is 0 Å². The topological polar surface area (TPSA) is 32.3 Å². The van der Waals surface area contributed by atoms with Gasteiger partial charge in [-0.05, 0) is 32.9 Å². The third kappa shape index (κ3) is 1.33. The van der Waals surface area contributed by atoms with Crippen LogP contribution in [0.2, 0.25) is 0 Å². The lowest BCUT2D eigenvalue weighted by atomic mass is 9.80. The van der Waals surface area contributed by atoms with Crippen molar-refractivity contribution < 1.29 is 4.79 Å². The summed E-state index contributed by atoms with van der Waals surface area (Å²) >= 11 is 0. The Hall–Kier alpha value is -0.570. The number of hydrogen-bond donors (Lipinski definition) is 1. The van der Waals surface area contributed by atoms with E-state index in [-0.39, 0.29) is 11.4 Å². The highest BCUT2D eigenvalue weighted by Crippen LogP contribution is 2.31. The predicted octanol–water partition coefficient (Wildman–Crippen LogP) is 0.361. The summed E-state index contributed by atoms with van der Waals surface area (Å²) in [5.41, 5.74) is 0.196. The molecule has 0 aromatic rings. The molecule has 0 aromatic carbocycles. The smallest absolute Gasteiger partial charge is 0.222 e. The molecule has 1 unspecified atom stereocenters. The average molecular weight is 168 g/mol. The summed E-state index contributed by atoms with van der Waals surface area (Å²) < 4.78 is 0. The molecule has 0 aromatic heterocycles. The van der Waals surface area contributed by atoms with E-state index in [0.717, 1.165) is 19.4 Å². The van der Waals surface area contributed by atoms with E-state index in [0.29, 0.717) is 0 Å². The summed E-state index contributed by atoms with van der Waals surface area (Å²) in [6, 6.07) is 0. The molecular formula is C9H16N2O. The van der Waals surface area contributed by atoms with Gasteiger partial charge in [-0.2, -0.15) is 0 Å². The van der Waals surface area contributed by atoms with Crippen LogP contribution < -0.4 is 5.32 Å². The van der Waals surface area contributed by atoms with E-state index in [9.17, 15) is 4.79 Å². The Kier molecular flexibility index (Phi) is 1.83. The first-order valence-corrected chi connectivity index (χ1v) is 4.70. The monoisotopic (exact) mass is 168 g/mol. The zero-order valence-electron chi connectivity index (χ0n) is 7.60. The lowest BCUT2D eigenvalue weighted by Gasteiger charge is -2.41. The van der Waals surface area contributed by atoms with Crippen LogP contribution in [-0.2, 0) is 4.79 Å². The number of amides is 1. The van der Waals surface area contributed by atoms with Crippen LogP contribution >= 0.6 is 0 Å². The molecule has 68 valence electrons. The van der Waals surface area contributed by atoms with E-state index in [1.54, 1.807) is 0 Å². The molecule has 2 rings (SSSR count). The van der Waals surface area contributed by atoms with Crippen LogP contribution in [0.25, 0.3) is 0 Å². The molecule has 3 nitrogen and oxygen atoms in total. The van der Waals surface area contributed by atoms with E-state index in [1.165, 1.54) is 19.4 Å². The first kappa shape index (κ1) is 8.05. The van der Waals surface area contributed by atoms with Crippen LogP contribution in [0.1, 0.15) is 25.7 Å². The molecule has 1 spiro atoms. The van der Waals surface area contributed by atoms with Crippen LogP contribution in [0.5, 0.6) is 0 Å². The molecule has 1 amide bonds. The van der Waals surface area contributed by atoms with Crippen molar-refractivity contribution in [3.05, 3.63) is 0 Å². The van der Waals surface area contributed by atoms with Crippen LogP contribution in [-0.4, -0.2) is 36.5 Å². The van der Waals surface area contributed by atoms with Crippen molar-refractivity contribution in [2.75, 3.05) is 20.1 Å². The normalized spacial score (nSPS) is 37.2. The maximum Gasteiger partial charge on any atom is 0.222 e. The number of hydrogen-bond acceptors (Lipinski definition) is 2. The number of nitrogens with zero attached hydrogens (tertiary/aromatic N) is 1. The minimum atomic E-state index is 0.196. The summed E-state index contributed by atoms with van der Waals surface area (Å²) in [6.07, 6.45) is 4.29. The van der Waals surface area contributed by atoms with Crippen molar-refractivity contribution >= 4 is 5.91 Å². The van der Waals surface area contributed by atoms with Crippen LogP contribution in [0.15, 0.2) is 0 Å². The largest absolute Gasteiger partial charge is 0.350 e. The van der Waals surface area contributed by atoms with E-state index in [1.807, 2.05) is 0 Å². The molecule has 0 aliphatic carbocycles. The third-order valence-electron chi connectivity index (χ3n) is 3.07. The zero-order valence-corrected chi connectivity index (χ0v) is 7.60. The lowest BCUT2D eigenvalue weighted by molar-refractivity contribution is -0.133. The first-order valence-electron chi connectivity index (χ1n) is 4.70. The predicted molar refractivity (Wildman–Crippen MR) is 46.8 cm³/mol. The zero-order chi connectivity index (χ0) is 8.60. The van der Waals surface area contributed by atoms with Gasteiger partial charge in [0, 0.05) is 13.0 Å². The van der Waals surface area contributed by atoms with Gasteiger partial charge >= 0.3 is 0 Å². The molecule has 1 atom stereocenters. The maximum absolute atomic E-state index is 10.8. The molecule has 2 aliphatic heterocycles. The Bertz CT molecular complexity index is 195. The van der Waals surface area contributed by atoms with Crippen molar-refractivity contribution in [1.29, 1.82) is 0 Å². The summed E-state index contributed by atoms with van der Waals surface area (Å²) in [7, 11) is 2.15. The fourth-order valence-corrected chi connectivity index (χ4v) is 2.22. The third-order valence-corrected chi connectivity index (χ3v) is 3.07. The van der Waals surface area contributed by atoms with Crippen LogP contribution in [0.4, 0.5) is 0 Å². The highest BCUT2D eigenvalue weighted by molar-refractivity contribution is 5.84. The van der Waals surface area contributed by atoms with Crippen molar-refractivity contribution in [1.82, 2.24) is 10.2 Å². The standard InChI is InChI=1S/C9H16N2O/c1-11-5-2-3-9(4-6-11)7-8(12)10-9/h2-7H2,1H3,(H,10,12). The number of rotatable bonds is 0. The summed E-state index contributed by atoms with van der Waals surface area (Å²) in [6.45, 7) is 2.30. The average Bonchev–Trinajstić information content (AvgIpc) is 2.12. The van der Waals surface area contributed by atoms with E-state index < -0.39 is 0 Å². The Morgan fingerprint density at radius 3 is 2.83 bits per heavy atom. The number of likely N-dealkylation sites (tertiary alicyclic amines) is 1. The van der Waals surface area contributed by atoms with Gasteiger partial charge < -0.3 is 10.2 Å². The van der Waals surface area contributed by atoms with E-state index >= 15 is 0 Å². The van der Waals surface area contributed by atoms with Crippen molar-refractivity contribution in [2.45, 2.75) is 31.2 Å². The summed E-state index contributed by atoms with van der Waals surface area (Å²) in [5, 5.41) is 3.05. The molecule has 0 radical (unpaired) electrons. The minimum Gasteiger partial charge on any atom is -0.350 e. The Morgan fingerprint density at radius 1 is 1.42 bits per heavy atom. The Labute approximate surface area is 73.1 Å². The molecule has 3 heteroatoms. The van der Waals surface area contributed by atoms with Gasteiger partial charge in [-0.3, -0.25) is 4.79 Å². The molecule has 2 saturated heterocycles. The summed E-state index contributed by atoms with van der Waals surface area (Å²) in [5.74, 6) is 0.236. The molecule has 2 heterocycles. The molecule has 2 aliphatic rings. The number of nitrogens with one attached hydrogen (secondary N) is 1. The number of β-lactam (4-membered cyclic amide) rings is 1. The highest BCUT2D eigenvalue weighted by atomic mass is 16.2. The fraction of sp³-hybridized carbons (Fsp3) is 0.889. The fourth-order valence-electron chi connectivity index (χ4n) is 2.22. The molecule has 2 fully saturated rings. The number of carbonyl (C=O) groups excluding carboxylic acids is 1. The second kappa shape index (κ2) is 2.73. The molecule has 12 heavy (non-hydrogen) atoms. The van der Waals surface area contributed by atoms with Gasteiger partial charge in [-0.25, -0.2) is 0 Å². The number of carbonyl (C=O) groups is 1. The molecule has 1 N–H and O–H groups in total. The maximum atomic E-state index is 10.8. The Balaban J connectivity index is 1.95. The first-order chi connectivity index (χ1) is 5.70. The highest BCUT2D eigenvalue weighted by Gasteiger charge is 2.42. The van der Waals surface area contributed by atoms with E-state index in [2.05, 4.69) is 17.3 Å². The lowest BCUT2D eigenvalue weighted by Crippen LogP contribution is -2.61. The molecule has 0 saturated carbocycles. The molecule has 0 bridgehead atoms. The van der Waals surface area contributed by atoms with Gasteiger partial charge in [0.25, 0.3) is 0 Å². The van der Waals surface area contributed by atoms with Gasteiger partial charge in [0.2, 0.25) is 5.91 Å². The van der Waals surface area contributed by atoms with Gasteiger partial charge in [-0.1, -0.05) is 0 Å². The summed E-state index contributed by atoms with van der Waals surface area (Å²) in [4.78, 5) is 13.2. The minimum absolute atomic E-state index is 0.196. The van der Waals surface area contributed by atoms with Crippen molar-refractivity contribution in [2.24, 2.45) is 0 Å².